The van der Waals surface area contributed by atoms with E-state index in [-0.39, 0.29) is 0 Å². The van der Waals surface area contributed by atoms with Gasteiger partial charge in [-0.2, -0.15) is 0 Å². The van der Waals surface area contributed by atoms with Gasteiger partial charge in [-0.3, -0.25) is 0 Å². The quantitative estimate of drug-likeness (QED) is 0.750. The summed E-state index contributed by atoms with van der Waals surface area (Å²) in [6.07, 6.45) is 5.02. The highest BCUT2D eigenvalue weighted by atomic mass is 16.5. The zero-order valence-electron chi connectivity index (χ0n) is 9.47. The van der Waals surface area contributed by atoms with Crippen molar-refractivity contribution in [1.82, 2.24) is 0 Å². The fourth-order valence-corrected chi connectivity index (χ4v) is 2.00. The molecule has 1 aliphatic rings. The van der Waals surface area contributed by atoms with Gasteiger partial charge in [0.15, 0.2) is 0 Å². The maximum Gasteiger partial charge on any atom is 0.126 e. The summed E-state index contributed by atoms with van der Waals surface area (Å²) in [7, 11) is 0. The Morgan fingerprint density at radius 1 is 0.824 bits per heavy atom. The number of allylic oxidation sites excluding steroid dienone is 2. The first kappa shape index (κ1) is 10.2. The molecule has 0 atom stereocenters. The molecule has 0 fully saturated rings. The van der Waals surface area contributed by atoms with Gasteiger partial charge in [-0.25, -0.2) is 0 Å². The second kappa shape index (κ2) is 4.46. The van der Waals surface area contributed by atoms with E-state index in [9.17, 15) is 0 Å². The molecule has 83 valence electrons. The summed E-state index contributed by atoms with van der Waals surface area (Å²) in [5, 5.41) is 0. The molecular formula is C16H13O. The van der Waals surface area contributed by atoms with E-state index in [0.29, 0.717) is 0 Å². The van der Waals surface area contributed by atoms with Crippen LogP contribution in [0.5, 0.6) is 5.75 Å². The van der Waals surface area contributed by atoms with Gasteiger partial charge in [-0.1, -0.05) is 42.5 Å². The minimum absolute atomic E-state index is 0.863. The maximum absolute atomic E-state index is 5.84. The molecule has 0 aromatic heterocycles. The van der Waals surface area contributed by atoms with E-state index in [1.165, 1.54) is 11.1 Å². The zero-order valence-corrected chi connectivity index (χ0v) is 9.47. The number of ether oxygens (including phenoxy) is 1. The third-order valence-electron chi connectivity index (χ3n) is 2.86. The summed E-state index contributed by atoms with van der Waals surface area (Å²) in [5.41, 5.74) is 2.61. The molecular weight excluding hydrogens is 208 g/mol. The van der Waals surface area contributed by atoms with E-state index < -0.39 is 0 Å². The molecule has 0 amide bonds. The molecule has 2 aromatic rings. The SMILES string of the molecule is [CH]1C=C(Oc2ccccc2)Cc2ccccc21. The molecule has 0 heterocycles. The molecule has 0 saturated heterocycles. The van der Waals surface area contributed by atoms with Crippen LogP contribution in [0.4, 0.5) is 0 Å². The molecule has 1 heteroatoms. The van der Waals surface area contributed by atoms with Crippen molar-refractivity contribution in [3.05, 3.63) is 84.0 Å². The van der Waals surface area contributed by atoms with E-state index in [4.69, 9.17) is 4.74 Å². The Hall–Kier alpha value is -2.02. The molecule has 0 N–H and O–H groups in total. The fourth-order valence-electron chi connectivity index (χ4n) is 2.00. The molecule has 0 unspecified atom stereocenters. The number of para-hydroxylation sites is 1. The summed E-state index contributed by atoms with van der Waals surface area (Å²) in [4.78, 5) is 0. The van der Waals surface area contributed by atoms with E-state index >= 15 is 0 Å². The van der Waals surface area contributed by atoms with E-state index in [1.54, 1.807) is 0 Å². The van der Waals surface area contributed by atoms with Gasteiger partial charge in [0, 0.05) is 12.8 Å². The molecule has 17 heavy (non-hydrogen) atoms. The van der Waals surface area contributed by atoms with Crippen LogP contribution in [0.25, 0.3) is 0 Å². The summed E-state index contributed by atoms with van der Waals surface area (Å²) in [6, 6.07) is 18.3. The second-order valence-electron chi connectivity index (χ2n) is 4.09. The van der Waals surface area contributed by atoms with Gasteiger partial charge in [-0.15, -0.1) is 0 Å². The van der Waals surface area contributed by atoms with Crippen molar-refractivity contribution >= 4 is 0 Å². The number of hydrogen-bond acceptors (Lipinski definition) is 1. The molecule has 0 saturated carbocycles. The van der Waals surface area contributed by atoms with Gasteiger partial charge in [0.1, 0.15) is 11.5 Å². The van der Waals surface area contributed by atoms with Crippen LogP contribution in [0.1, 0.15) is 11.1 Å². The Morgan fingerprint density at radius 2 is 1.59 bits per heavy atom. The Balaban J connectivity index is 1.78. The largest absolute Gasteiger partial charge is 0.462 e. The predicted octanol–water partition coefficient (Wildman–Crippen LogP) is 3.76. The topological polar surface area (TPSA) is 9.23 Å². The first-order chi connectivity index (χ1) is 8.42. The van der Waals surface area contributed by atoms with Crippen LogP contribution in [0.15, 0.2) is 66.4 Å². The van der Waals surface area contributed by atoms with Crippen LogP contribution in [-0.2, 0) is 6.42 Å². The number of benzene rings is 2. The monoisotopic (exact) mass is 221 g/mol. The summed E-state index contributed by atoms with van der Waals surface area (Å²) >= 11 is 0. The van der Waals surface area contributed by atoms with Crippen molar-refractivity contribution in [2.24, 2.45) is 0 Å². The standard InChI is InChI=1S/C16H13O/c1-2-8-15(9-3-1)17-16-11-10-13-6-4-5-7-14(13)12-16/h1-11H,12H2. The molecule has 0 aliphatic heterocycles. The second-order valence-corrected chi connectivity index (χ2v) is 4.09. The highest BCUT2D eigenvalue weighted by Gasteiger charge is 2.11. The lowest BCUT2D eigenvalue weighted by atomic mass is 9.96. The number of fused-ring (bicyclic) bond motifs is 1. The van der Waals surface area contributed by atoms with Gasteiger partial charge < -0.3 is 4.74 Å². The molecule has 1 radical (unpaired) electrons. The lowest BCUT2D eigenvalue weighted by Gasteiger charge is -2.17. The van der Waals surface area contributed by atoms with Crippen molar-refractivity contribution in [2.75, 3.05) is 0 Å². The van der Waals surface area contributed by atoms with Gasteiger partial charge in [-0.05, 0) is 29.3 Å². The third kappa shape index (κ3) is 2.23. The van der Waals surface area contributed by atoms with Crippen molar-refractivity contribution in [3.63, 3.8) is 0 Å². The van der Waals surface area contributed by atoms with Crippen LogP contribution in [0.2, 0.25) is 0 Å². The summed E-state index contributed by atoms with van der Waals surface area (Å²) in [5.74, 6) is 1.89. The van der Waals surface area contributed by atoms with Gasteiger partial charge in [0.05, 0.1) is 0 Å². The lowest BCUT2D eigenvalue weighted by molar-refractivity contribution is 0.411. The van der Waals surface area contributed by atoms with Crippen molar-refractivity contribution in [1.29, 1.82) is 0 Å². The molecule has 1 nitrogen and oxygen atoms in total. The Labute approximate surface area is 101 Å². The molecule has 3 rings (SSSR count). The Kier molecular flexibility index (Phi) is 2.66. The van der Waals surface area contributed by atoms with Crippen molar-refractivity contribution < 1.29 is 4.74 Å². The molecule has 1 aliphatic carbocycles. The van der Waals surface area contributed by atoms with E-state index in [2.05, 4.69) is 36.8 Å². The highest BCUT2D eigenvalue weighted by Crippen LogP contribution is 2.24. The lowest BCUT2D eigenvalue weighted by Crippen LogP contribution is -2.06. The molecule has 0 bridgehead atoms. The van der Waals surface area contributed by atoms with Crippen LogP contribution < -0.4 is 4.74 Å². The van der Waals surface area contributed by atoms with Gasteiger partial charge in [0.2, 0.25) is 0 Å². The summed E-state index contributed by atoms with van der Waals surface area (Å²) < 4.78 is 5.84. The molecule has 0 spiro atoms. The smallest absolute Gasteiger partial charge is 0.126 e. The summed E-state index contributed by atoms with van der Waals surface area (Å²) in [6.45, 7) is 0. The predicted molar refractivity (Wildman–Crippen MR) is 68.7 cm³/mol. The fraction of sp³-hybridized carbons (Fsp3) is 0.0625. The van der Waals surface area contributed by atoms with Gasteiger partial charge >= 0.3 is 0 Å². The first-order valence-corrected chi connectivity index (χ1v) is 5.76. The maximum atomic E-state index is 5.84. The van der Waals surface area contributed by atoms with Crippen LogP contribution in [0.3, 0.4) is 0 Å². The first-order valence-electron chi connectivity index (χ1n) is 5.76. The van der Waals surface area contributed by atoms with Crippen LogP contribution >= 0.6 is 0 Å². The Morgan fingerprint density at radius 3 is 2.47 bits per heavy atom. The van der Waals surface area contributed by atoms with Crippen molar-refractivity contribution in [2.45, 2.75) is 6.42 Å². The number of rotatable bonds is 2. The Bertz CT molecular complexity index is 540. The average molecular weight is 221 g/mol. The molecule has 2 aromatic carbocycles. The minimum Gasteiger partial charge on any atom is -0.462 e. The normalized spacial score (nSPS) is 13.8. The highest BCUT2D eigenvalue weighted by molar-refractivity contribution is 5.43. The van der Waals surface area contributed by atoms with Gasteiger partial charge in [0.25, 0.3) is 0 Å². The van der Waals surface area contributed by atoms with Crippen LogP contribution in [-0.4, -0.2) is 0 Å². The van der Waals surface area contributed by atoms with E-state index in [0.717, 1.165) is 17.9 Å². The van der Waals surface area contributed by atoms with E-state index in [1.807, 2.05) is 30.3 Å². The minimum atomic E-state index is 0.863. The third-order valence-corrected chi connectivity index (χ3v) is 2.86. The number of hydrogen-bond donors (Lipinski definition) is 0. The average Bonchev–Trinajstić information content (AvgIpc) is 2.40. The van der Waals surface area contributed by atoms with Crippen LogP contribution in [0, 0.1) is 6.42 Å². The zero-order chi connectivity index (χ0) is 11.5. The van der Waals surface area contributed by atoms with Crippen molar-refractivity contribution in [3.8, 4) is 5.75 Å².